The van der Waals surface area contributed by atoms with Crippen LogP contribution in [0.3, 0.4) is 0 Å². The minimum absolute atomic E-state index is 0.205. The van der Waals surface area contributed by atoms with Crippen LogP contribution < -0.4 is 5.32 Å². The minimum atomic E-state index is 0.205. The van der Waals surface area contributed by atoms with Crippen LogP contribution in [0, 0.1) is 5.92 Å². The maximum absolute atomic E-state index is 6.51. The fourth-order valence-corrected chi connectivity index (χ4v) is 4.01. The van der Waals surface area contributed by atoms with Crippen molar-refractivity contribution in [1.29, 1.82) is 0 Å². The molecule has 1 aromatic carbocycles. The van der Waals surface area contributed by atoms with Gasteiger partial charge >= 0.3 is 0 Å². The van der Waals surface area contributed by atoms with Crippen LogP contribution in [-0.2, 0) is 5.41 Å². The Morgan fingerprint density at radius 1 is 1.15 bits per heavy atom. The summed E-state index contributed by atoms with van der Waals surface area (Å²) >= 11 is 12.6. The SMILES string of the molecule is CC1CCC(CNC2CC2)(c2ccc(Cl)cc2Cl)CC1. The Hall–Kier alpha value is -0.240. The zero-order valence-corrected chi connectivity index (χ0v) is 13.6. The summed E-state index contributed by atoms with van der Waals surface area (Å²) < 4.78 is 0. The lowest BCUT2D eigenvalue weighted by Gasteiger charge is -2.41. The monoisotopic (exact) mass is 311 g/mol. The summed E-state index contributed by atoms with van der Waals surface area (Å²) in [6, 6.07) is 6.78. The van der Waals surface area contributed by atoms with Crippen LogP contribution in [0.2, 0.25) is 10.0 Å². The van der Waals surface area contributed by atoms with Gasteiger partial charge in [0.25, 0.3) is 0 Å². The van der Waals surface area contributed by atoms with Crippen LogP contribution in [-0.4, -0.2) is 12.6 Å². The second-order valence-electron chi connectivity index (χ2n) is 6.74. The van der Waals surface area contributed by atoms with E-state index in [1.807, 2.05) is 12.1 Å². The molecule has 0 saturated heterocycles. The summed E-state index contributed by atoms with van der Waals surface area (Å²) in [6.45, 7) is 3.42. The molecule has 3 heteroatoms. The first-order chi connectivity index (χ1) is 9.59. The smallest absolute Gasteiger partial charge is 0.0458 e. The highest BCUT2D eigenvalue weighted by molar-refractivity contribution is 6.35. The van der Waals surface area contributed by atoms with Crippen LogP contribution in [0.15, 0.2) is 18.2 Å². The number of rotatable bonds is 4. The van der Waals surface area contributed by atoms with E-state index in [0.29, 0.717) is 0 Å². The topological polar surface area (TPSA) is 12.0 Å². The molecule has 0 heterocycles. The van der Waals surface area contributed by atoms with E-state index in [9.17, 15) is 0 Å². The molecule has 3 rings (SSSR count). The summed E-state index contributed by atoms with van der Waals surface area (Å²) in [5.74, 6) is 0.843. The van der Waals surface area contributed by atoms with E-state index in [1.165, 1.54) is 44.1 Å². The van der Waals surface area contributed by atoms with Gasteiger partial charge < -0.3 is 5.32 Å². The van der Waals surface area contributed by atoms with E-state index in [4.69, 9.17) is 23.2 Å². The average molecular weight is 312 g/mol. The molecule has 0 spiro atoms. The Labute approximate surface area is 132 Å². The fourth-order valence-electron chi connectivity index (χ4n) is 3.40. The molecule has 2 aliphatic carbocycles. The third-order valence-corrected chi connectivity index (χ3v) is 5.59. The second-order valence-corrected chi connectivity index (χ2v) is 7.59. The Morgan fingerprint density at radius 2 is 1.85 bits per heavy atom. The van der Waals surface area contributed by atoms with E-state index in [-0.39, 0.29) is 5.41 Å². The molecular formula is C17H23Cl2N. The lowest BCUT2D eigenvalue weighted by molar-refractivity contribution is 0.233. The van der Waals surface area contributed by atoms with Gasteiger partial charge in [0.2, 0.25) is 0 Å². The van der Waals surface area contributed by atoms with Crippen molar-refractivity contribution in [3.05, 3.63) is 33.8 Å². The fraction of sp³-hybridized carbons (Fsp3) is 0.647. The molecule has 0 amide bonds. The largest absolute Gasteiger partial charge is 0.313 e. The van der Waals surface area contributed by atoms with Gasteiger partial charge in [-0.25, -0.2) is 0 Å². The molecule has 0 atom stereocenters. The molecule has 2 fully saturated rings. The highest BCUT2D eigenvalue weighted by atomic mass is 35.5. The van der Waals surface area contributed by atoms with Crippen molar-refractivity contribution in [3.63, 3.8) is 0 Å². The van der Waals surface area contributed by atoms with Crippen LogP contribution in [0.5, 0.6) is 0 Å². The first-order valence-electron chi connectivity index (χ1n) is 7.78. The van der Waals surface area contributed by atoms with Gasteiger partial charge in [0.05, 0.1) is 0 Å². The summed E-state index contributed by atoms with van der Waals surface area (Å²) in [5, 5.41) is 5.30. The third kappa shape index (κ3) is 3.16. The number of hydrogen-bond acceptors (Lipinski definition) is 1. The maximum Gasteiger partial charge on any atom is 0.0458 e. The summed E-state index contributed by atoms with van der Waals surface area (Å²) in [5.41, 5.74) is 1.50. The van der Waals surface area contributed by atoms with Gasteiger partial charge in [-0.1, -0.05) is 36.2 Å². The van der Waals surface area contributed by atoms with Crippen molar-refractivity contribution in [2.24, 2.45) is 5.92 Å². The molecule has 2 aliphatic rings. The van der Waals surface area contributed by atoms with E-state index in [1.54, 1.807) is 0 Å². The highest BCUT2D eigenvalue weighted by Gasteiger charge is 2.38. The Morgan fingerprint density at radius 3 is 2.45 bits per heavy atom. The van der Waals surface area contributed by atoms with E-state index in [2.05, 4.69) is 18.3 Å². The number of benzene rings is 1. The van der Waals surface area contributed by atoms with Gasteiger partial charge in [-0.3, -0.25) is 0 Å². The Balaban J connectivity index is 1.86. The normalized spacial score (nSPS) is 30.4. The van der Waals surface area contributed by atoms with Gasteiger partial charge in [0.1, 0.15) is 0 Å². The summed E-state index contributed by atoms with van der Waals surface area (Å²) in [6.07, 6.45) is 7.72. The molecule has 1 nitrogen and oxygen atoms in total. The quantitative estimate of drug-likeness (QED) is 0.806. The lowest BCUT2D eigenvalue weighted by Crippen LogP contribution is -2.42. The maximum atomic E-state index is 6.51. The van der Waals surface area contributed by atoms with Gasteiger partial charge in [0, 0.05) is 28.0 Å². The lowest BCUT2D eigenvalue weighted by atomic mass is 9.67. The molecule has 1 aromatic rings. The molecule has 1 N–H and O–H groups in total. The Kier molecular flexibility index (Phi) is 4.31. The standard InChI is InChI=1S/C17H23Cl2N/c1-12-6-8-17(9-7-12,11-20-14-3-4-14)15-5-2-13(18)10-16(15)19/h2,5,10,12,14,20H,3-4,6-9,11H2,1H3. The van der Waals surface area contributed by atoms with E-state index in [0.717, 1.165) is 28.5 Å². The summed E-state index contributed by atoms with van der Waals surface area (Å²) in [7, 11) is 0. The van der Waals surface area contributed by atoms with Crippen molar-refractivity contribution >= 4 is 23.2 Å². The molecule has 0 radical (unpaired) electrons. The molecule has 2 saturated carbocycles. The number of hydrogen-bond donors (Lipinski definition) is 1. The average Bonchev–Trinajstić information content (AvgIpc) is 3.23. The van der Waals surface area contributed by atoms with Crippen molar-refractivity contribution in [2.45, 2.75) is 56.9 Å². The number of nitrogens with one attached hydrogen (secondary N) is 1. The molecular weight excluding hydrogens is 289 g/mol. The van der Waals surface area contributed by atoms with Crippen molar-refractivity contribution in [2.75, 3.05) is 6.54 Å². The van der Waals surface area contributed by atoms with Crippen LogP contribution >= 0.6 is 23.2 Å². The van der Waals surface area contributed by atoms with E-state index < -0.39 is 0 Å². The van der Waals surface area contributed by atoms with Gasteiger partial charge in [0.15, 0.2) is 0 Å². The predicted molar refractivity (Wildman–Crippen MR) is 86.8 cm³/mol. The first kappa shape index (κ1) is 14.7. The highest BCUT2D eigenvalue weighted by Crippen LogP contribution is 2.44. The van der Waals surface area contributed by atoms with Crippen molar-refractivity contribution < 1.29 is 0 Å². The molecule has 0 unspecified atom stereocenters. The summed E-state index contributed by atoms with van der Waals surface area (Å²) in [4.78, 5) is 0. The van der Waals surface area contributed by atoms with Gasteiger partial charge in [-0.15, -0.1) is 0 Å². The van der Waals surface area contributed by atoms with Gasteiger partial charge in [-0.2, -0.15) is 0 Å². The number of halogens is 2. The predicted octanol–water partition coefficient (Wildman–Crippen LogP) is 5.19. The molecule has 0 aromatic heterocycles. The second kappa shape index (κ2) is 5.87. The van der Waals surface area contributed by atoms with E-state index >= 15 is 0 Å². The molecule has 0 bridgehead atoms. The van der Waals surface area contributed by atoms with Crippen molar-refractivity contribution in [1.82, 2.24) is 5.32 Å². The van der Waals surface area contributed by atoms with Crippen molar-refractivity contribution in [3.8, 4) is 0 Å². The third-order valence-electron chi connectivity index (χ3n) is 5.04. The Bertz CT molecular complexity index is 474. The van der Waals surface area contributed by atoms with Crippen LogP contribution in [0.25, 0.3) is 0 Å². The minimum Gasteiger partial charge on any atom is -0.313 e. The molecule has 110 valence electrons. The molecule has 0 aliphatic heterocycles. The zero-order valence-electron chi connectivity index (χ0n) is 12.1. The van der Waals surface area contributed by atoms with Gasteiger partial charge in [-0.05, 0) is 62.1 Å². The van der Waals surface area contributed by atoms with Crippen LogP contribution in [0.1, 0.15) is 51.0 Å². The zero-order chi connectivity index (χ0) is 14.2. The first-order valence-corrected chi connectivity index (χ1v) is 8.54. The van der Waals surface area contributed by atoms with Crippen LogP contribution in [0.4, 0.5) is 0 Å². The molecule has 20 heavy (non-hydrogen) atoms.